The van der Waals surface area contributed by atoms with Gasteiger partial charge in [0, 0.05) is 22.8 Å². The lowest BCUT2D eigenvalue weighted by molar-refractivity contribution is 0.0951. The largest absolute Gasteiger partial charge is 0.348 e. The minimum atomic E-state index is -3.77. The summed E-state index contributed by atoms with van der Waals surface area (Å²) >= 11 is 5.80. The average molecular weight is 415 g/mol. The van der Waals surface area contributed by atoms with Gasteiger partial charge >= 0.3 is 0 Å². The topological polar surface area (TPSA) is 75.3 Å². The van der Waals surface area contributed by atoms with Gasteiger partial charge < -0.3 is 5.32 Å². The number of halogens is 1. The Bertz CT molecular complexity index is 1100. The van der Waals surface area contributed by atoms with Crippen molar-refractivity contribution in [2.75, 3.05) is 4.72 Å². The van der Waals surface area contributed by atoms with E-state index in [2.05, 4.69) is 10.0 Å². The molecule has 0 heterocycles. The van der Waals surface area contributed by atoms with Gasteiger partial charge in [-0.15, -0.1) is 0 Å². The summed E-state index contributed by atoms with van der Waals surface area (Å²) in [5.41, 5.74) is 2.78. The highest BCUT2D eigenvalue weighted by Gasteiger charge is 2.15. The molecule has 0 aliphatic rings. The Labute approximate surface area is 169 Å². The van der Waals surface area contributed by atoms with Crippen molar-refractivity contribution in [1.29, 1.82) is 0 Å². The van der Waals surface area contributed by atoms with Gasteiger partial charge in [-0.1, -0.05) is 47.5 Å². The zero-order chi connectivity index (χ0) is 20.1. The molecule has 2 N–H and O–H groups in total. The van der Waals surface area contributed by atoms with Crippen LogP contribution in [0.1, 0.15) is 21.5 Å². The second kappa shape index (κ2) is 8.46. The van der Waals surface area contributed by atoms with E-state index < -0.39 is 10.0 Å². The first kappa shape index (κ1) is 19.9. The summed E-state index contributed by atoms with van der Waals surface area (Å²) in [6.07, 6.45) is 0. The third-order valence-electron chi connectivity index (χ3n) is 4.04. The molecule has 3 aromatic carbocycles. The molecule has 0 aliphatic carbocycles. The van der Waals surface area contributed by atoms with E-state index in [9.17, 15) is 13.2 Å². The van der Waals surface area contributed by atoms with Crippen LogP contribution in [-0.2, 0) is 16.6 Å². The fourth-order valence-corrected chi connectivity index (χ4v) is 3.83. The normalized spacial score (nSPS) is 11.1. The lowest BCUT2D eigenvalue weighted by Gasteiger charge is -2.10. The number of carbonyl (C=O) groups excluding carboxylic acids is 1. The molecule has 7 heteroatoms. The lowest BCUT2D eigenvalue weighted by Crippen LogP contribution is -2.23. The molecule has 0 atom stereocenters. The fraction of sp³-hybridized carbons (Fsp3) is 0.0952. The molecule has 0 unspecified atom stereocenters. The van der Waals surface area contributed by atoms with Crippen molar-refractivity contribution in [3.8, 4) is 0 Å². The van der Waals surface area contributed by atoms with E-state index in [0.717, 1.165) is 11.1 Å². The quantitative estimate of drug-likeness (QED) is 0.628. The predicted octanol–water partition coefficient (Wildman–Crippen LogP) is 4.38. The van der Waals surface area contributed by atoms with Gasteiger partial charge in [-0.25, -0.2) is 8.42 Å². The van der Waals surface area contributed by atoms with Crippen molar-refractivity contribution in [3.05, 3.63) is 94.5 Å². The molecule has 0 saturated heterocycles. The van der Waals surface area contributed by atoms with Gasteiger partial charge in [0.25, 0.3) is 15.9 Å². The van der Waals surface area contributed by atoms with Crippen LogP contribution >= 0.6 is 11.6 Å². The highest BCUT2D eigenvalue weighted by atomic mass is 35.5. The van der Waals surface area contributed by atoms with Crippen LogP contribution in [0.15, 0.2) is 77.7 Å². The molecule has 1 amide bonds. The van der Waals surface area contributed by atoms with Crippen molar-refractivity contribution in [2.45, 2.75) is 18.4 Å². The van der Waals surface area contributed by atoms with Crippen LogP contribution in [0.25, 0.3) is 0 Å². The third-order valence-corrected chi connectivity index (χ3v) is 5.69. The van der Waals surface area contributed by atoms with Crippen molar-refractivity contribution >= 4 is 33.2 Å². The number of aryl methyl sites for hydroxylation is 1. The smallest absolute Gasteiger partial charge is 0.261 e. The fourth-order valence-electron chi connectivity index (χ4n) is 2.66. The first-order valence-electron chi connectivity index (χ1n) is 8.56. The minimum absolute atomic E-state index is 0.0891. The average Bonchev–Trinajstić information content (AvgIpc) is 2.66. The van der Waals surface area contributed by atoms with Crippen LogP contribution in [-0.4, -0.2) is 14.3 Å². The Kier molecular flexibility index (Phi) is 6.02. The number of amides is 1. The molecular formula is C21H19ClN2O3S. The molecule has 144 valence electrons. The van der Waals surface area contributed by atoms with Gasteiger partial charge in [0.15, 0.2) is 0 Å². The number of nitrogens with one attached hydrogen (secondary N) is 2. The third kappa shape index (κ3) is 5.12. The van der Waals surface area contributed by atoms with Gasteiger partial charge in [0.2, 0.25) is 0 Å². The molecule has 28 heavy (non-hydrogen) atoms. The van der Waals surface area contributed by atoms with E-state index in [1.54, 1.807) is 18.2 Å². The number of rotatable bonds is 6. The van der Waals surface area contributed by atoms with Crippen LogP contribution in [0, 0.1) is 6.92 Å². The van der Waals surface area contributed by atoms with Crippen molar-refractivity contribution in [2.24, 2.45) is 0 Å². The van der Waals surface area contributed by atoms with Crippen LogP contribution in [0.5, 0.6) is 0 Å². The molecule has 0 saturated carbocycles. The Morgan fingerprint density at radius 2 is 1.68 bits per heavy atom. The van der Waals surface area contributed by atoms with E-state index in [0.29, 0.717) is 22.8 Å². The van der Waals surface area contributed by atoms with Gasteiger partial charge in [-0.3, -0.25) is 9.52 Å². The number of carbonyl (C=O) groups is 1. The SMILES string of the molecule is Cc1cccc(CNC(=O)c2cccc(NS(=O)(=O)c3ccc(Cl)cc3)c2)c1. The number of sulfonamides is 1. The van der Waals surface area contributed by atoms with E-state index in [4.69, 9.17) is 11.6 Å². The van der Waals surface area contributed by atoms with Gasteiger partial charge in [0.05, 0.1) is 4.90 Å². The Morgan fingerprint density at radius 1 is 0.964 bits per heavy atom. The molecule has 0 fully saturated rings. The molecular weight excluding hydrogens is 396 g/mol. The summed E-state index contributed by atoms with van der Waals surface area (Å²) in [7, 11) is -3.77. The summed E-state index contributed by atoms with van der Waals surface area (Å²) in [6.45, 7) is 2.38. The van der Waals surface area contributed by atoms with Crippen molar-refractivity contribution in [1.82, 2.24) is 5.32 Å². The number of benzene rings is 3. The predicted molar refractivity (Wildman–Crippen MR) is 111 cm³/mol. The van der Waals surface area contributed by atoms with Gasteiger partial charge in [-0.05, 0) is 55.0 Å². The van der Waals surface area contributed by atoms with Gasteiger partial charge in [-0.2, -0.15) is 0 Å². The molecule has 3 aromatic rings. The van der Waals surface area contributed by atoms with Crippen molar-refractivity contribution in [3.63, 3.8) is 0 Å². The van der Waals surface area contributed by atoms with E-state index >= 15 is 0 Å². The highest BCUT2D eigenvalue weighted by molar-refractivity contribution is 7.92. The molecule has 0 spiro atoms. The zero-order valence-electron chi connectivity index (χ0n) is 15.1. The maximum Gasteiger partial charge on any atom is 0.261 e. The van der Waals surface area contributed by atoms with Crippen LogP contribution in [0.2, 0.25) is 5.02 Å². The standard InChI is InChI=1S/C21H19ClN2O3S/c1-15-4-2-5-16(12-15)14-23-21(25)17-6-3-7-19(13-17)24-28(26,27)20-10-8-18(22)9-11-20/h2-13,24H,14H2,1H3,(H,23,25). The molecule has 0 radical (unpaired) electrons. The van der Waals surface area contributed by atoms with E-state index in [1.807, 2.05) is 31.2 Å². The van der Waals surface area contributed by atoms with Crippen LogP contribution in [0.3, 0.4) is 0 Å². The second-order valence-electron chi connectivity index (χ2n) is 6.31. The summed E-state index contributed by atoms with van der Waals surface area (Å²) in [5, 5.41) is 3.29. The number of anilines is 1. The minimum Gasteiger partial charge on any atom is -0.348 e. The lowest BCUT2D eigenvalue weighted by atomic mass is 10.1. The van der Waals surface area contributed by atoms with E-state index in [1.165, 1.54) is 30.3 Å². The first-order chi connectivity index (χ1) is 13.3. The summed E-state index contributed by atoms with van der Waals surface area (Å²) in [4.78, 5) is 12.5. The second-order valence-corrected chi connectivity index (χ2v) is 8.43. The number of hydrogen-bond acceptors (Lipinski definition) is 3. The molecule has 0 bridgehead atoms. The highest BCUT2D eigenvalue weighted by Crippen LogP contribution is 2.19. The molecule has 3 rings (SSSR count). The molecule has 0 aromatic heterocycles. The Morgan fingerprint density at radius 3 is 2.39 bits per heavy atom. The Balaban J connectivity index is 1.71. The van der Waals surface area contributed by atoms with E-state index in [-0.39, 0.29) is 10.8 Å². The van der Waals surface area contributed by atoms with Gasteiger partial charge in [0.1, 0.15) is 0 Å². The first-order valence-corrected chi connectivity index (χ1v) is 10.4. The summed E-state index contributed by atoms with van der Waals surface area (Å²) in [6, 6.07) is 20.0. The monoisotopic (exact) mass is 414 g/mol. The maximum absolute atomic E-state index is 12.5. The van der Waals surface area contributed by atoms with Crippen LogP contribution in [0.4, 0.5) is 5.69 Å². The van der Waals surface area contributed by atoms with Crippen molar-refractivity contribution < 1.29 is 13.2 Å². The molecule has 0 aliphatic heterocycles. The summed E-state index contributed by atoms with van der Waals surface area (Å²) in [5.74, 6) is -0.283. The zero-order valence-corrected chi connectivity index (χ0v) is 16.7. The number of hydrogen-bond donors (Lipinski definition) is 2. The Hall–Kier alpha value is -2.83. The van der Waals surface area contributed by atoms with Crippen LogP contribution < -0.4 is 10.0 Å². The molecule has 5 nitrogen and oxygen atoms in total. The summed E-state index contributed by atoms with van der Waals surface area (Å²) < 4.78 is 27.4. The maximum atomic E-state index is 12.5.